The lowest BCUT2D eigenvalue weighted by molar-refractivity contribution is -0.122. The maximum atomic E-state index is 11.7. The van der Waals surface area contributed by atoms with E-state index in [1.807, 2.05) is 0 Å². The molecule has 0 saturated carbocycles. The van der Waals surface area contributed by atoms with E-state index >= 15 is 0 Å². The van der Waals surface area contributed by atoms with Crippen LogP contribution in [-0.2, 0) is 9.53 Å². The summed E-state index contributed by atoms with van der Waals surface area (Å²) in [5.74, 6) is 4.89. The number of rotatable bonds is 7. The number of nitrogens with one attached hydrogen (secondary N) is 1. The first-order chi connectivity index (χ1) is 9.63. The summed E-state index contributed by atoms with van der Waals surface area (Å²) in [7, 11) is 0. The number of hydrogen-bond donors (Lipinski definition) is 3. The molecule has 20 heavy (non-hydrogen) atoms. The van der Waals surface area contributed by atoms with E-state index in [2.05, 4.69) is 17.2 Å². The van der Waals surface area contributed by atoms with Crippen LogP contribution < -0.4 is 11.1 Å². The zero-order valence-electron chi connectivity index (χ0n) is 10.8. The van der Waals surface area contributed by atoms with Gasteiger partial charge in [-0.3, -0.25) is 9.59 Å². The second-order valence-corrected chi connectivity index (χ2v) is 4.66. The molecule has 0 fully saturated rings. The minimum Gasteiger partial charge on any atom is -0.395 e. The van der Waals surface area contributed by atoms with Gasteiger partial charge in [0.15, 0.2) is 0 Å². The van der Waals surface area contributed by atoms with Crippen molar-refractivity contribution in [3.05, 3.63) is 21.9 Å². The van der Waals surface area contributed by atoms with Crippen molar-refractivity contribution in [2.75, 3.05) is 26.4 Å². The first-order valence-electron chi connectivity index (χ1n) is 5.96. The van der Waals surface area contributed by atoms with Gasteiger partial charge in [0.25, 0.3) is 5.91 Å². The predicted octanol–water partition coefficient (Wildman–Crippen LogP) is -0.286. The van der Waals surface area contributed by atoms with Crippen LogP contribution in [-0.4, -0.2) is 43.3 Å². The summed E-state index contributed by atoms with van der Waals surface area (Å²) in [6.07, 6.45) is 0.413. The second kappa shape index (κ2) is 9.09. The standard InChI is InChI=1S/C13H16N2O4S/c14-12(17)8-19-6-4-15-13(18)10-7-11(20-9-10)3-1-2-5-16/h7,9,16H,2,4-6,8H2,(H2,14,17)(H,15,18). The van der Waals surface area contributed by atoms with Gasteiger partial charge in [-0.15, -0.1) is 11.3 Å². The molecule has 7 heteroatoms. The molecular formula is C13H16N2O4S. The third-order valence-corrected chi connectivity index (χ3v) is 2.93. The van der Waals surface area contributed by atoms with Crippen molar-refractivity contribution in [1.82, 2.24) is 5.32 Å². The zero-order chi connectivity index (χ0) is 14.8. The molecule has 0 spiro atoms. The van der Waals surface area contributed by atoms with Gasteiger partial charge in [-0.25, -0.2) is 0 Å². The Kier molecular flexibility index (Phi) is 7.35. The van der Waals surface area contributed by atoms with Crippen LogP contribution in [0.25, 0.3) is 0 Å². The number of aliphatic hydroxyl groups is 1. The summed E-state index contributed by atoms with van der Waals surface area (Å²) in [4.78, 5) is 22.9. The lowest BCUT2D eigenvalue weighted by Gasteiger charge is -2.03. The Morgan fingerprint density at radius 2 is 2.30 bits per heavy atom. The number of primary amides is 1. The van der Waals surface area contributed by atoms with Crippen molar-refractivity contribution in [3.8, 4) is 11.8 Å². The van der Waals surface area contributed by atoms with Gasteiger partial charge in [-0.05, 0) is 6.07 Å². The van der Waals surface area contributed by atoms with Crippen molar-refractivity contribution < 1.29 is 19.4 Å². The van der Waals surface area contributed by atoms with Crippen LogP contribution in [0.15, 0.2) is 11.4 Å². The van der Waals surface area contributed by atoms with Crippen LogP contribution in [0, 0.1) is 11.8 Å². The highest BCUT2D eigenvalue weighted by Gasteiger charge is 2.07. The van der Waals surface area contributed by atoms with Gasteiger partial charge in [0.05, 0.1) is 23.7 Å². The zero-order valence-corrected chi connectivity index (χ0v) is 11.7. The van der Waals surface area contributed by atoms with Gasteiger partial charge < -0.3 is 20.9 Å². The van der Waals surface area contributed by atoms with Crippen LogP contribution in [0.1, 0.15) is 21.7 Å². The van der Waals surface area contributed by atoms with Gasteiger partial charge >= 0.3 is 0 Å². The van der Waals surface area contributed by atoms with E-state index in [0.717, 1.165) is 4.88 Å². The SMILES string of the molecule is NC(=O)COCCNC(=O)c1csc(C#CCCO)c1. The number of nitrogens with two attached hydrogens (primary N) is 1. The lowest BCUT2D eigenvalue weighted by Crippen LogP contribution is -2.28. The Morgan fingerprint density at radius 3 is 3.00 bits per heavy atom. The van der Waals surface area contributed by atoms with Crippen molar-refractivity contribution in [2.45, 2.75) is 6.42 Å². The monoisotopic (exact) mass is 296 g/mol. The van der Waals surface area contributed by atoms with E-state index in [-0.39, 0.29) is 25.7 Å². The summed E-state index contributed by atoms with van der Waals surface area (Å²) >= 11 is 1.37. The molecular weight excluding hydrogens is 280 g/mol. The molecule has 108 valence electrons. The number of thiophene rings is 1. The molecule has 1 heterocycles. The minimum atomic E-state index is -0.541. The Labute approximate surface area is 120 Å². The maximum absolute atomic E-state index is 11.7. The molecule has 4 N–H and O–H groups in total. The largest absolute Gasteiger partial charge is 0.395 e. The molecule has 6 nitrogen and oxygen atoms in total. The molecule has 0 saturated heterocycles. The van der Waals surface area contributed by atoms with Crippen LogP contribution in [0.5, 0.6) is 0 Å². The fourth-order valence-corrected chi connectivity index (χ4v) is 1.99. The minimum absolute atomic E-state index is 0.0248. The quantitative estimate of drug-likeness (QED) is 0.475. The van der Waals surface area contributed by atoms with Crippen molar-refractivity contribution in [2.24, 2.45) is 5.73 Å². The van der Waals surface area contributed by atoms with Crippen LogP contribution in [0.2, 0.25) is 0 Å². The molecule has 0 aliphatic carbocycles. The van der Waals surface area contributed by atoms with E-state index in [1.165, 1.54) is 11.3 Å². The third-order valence-electron chi connectivity index (χ3n) is 2.09. The topological polar surface area (TPSA) is 102 Å². The van der Waals surface area contributed by atoms with Gasteiger partial charge in [-0.2, -0.15) is 0 Å². The number of amides is 2. The van der Waals surface area contributed by atoms with Crippen LogP contribution >= 0.6 is 11.3 Å². The smallest absolute Gasteiger partial charge is 0.252 e. The number of carbonyl (C=O) groups is 2. The average molecular weight is 296 g/mol. The van der Waals surface area contributed by atoms with E-state index in [4.69, 9.17) is 15.6 Å². The first kappa shape index (κ1) is 16.2. The normalized spacial score (nSPS) is 9.65. The van der Waals surface area contributed by atoms with E-state index in [1.54, 1.807) is 11.4 Å². The van der Waals surface area contributed by atoms with Gasteiger partial charge in [-0.1, -0.05) is 11.8 Å². The molecule has 0 aliphatic heterocycles. The molecule has 1 rings (SSSR count). The highest BCUT2D eigenvalue weighted by Crippen LogP contribution is 2.13. The summed E-state index contributed by atoms with van der Waals surface area (Å²) in [6, 6.07) is 1.69. The van der Waals surface area contributed by atoms with E-state index in [9.17, 15) is 9.59 Å². The molecule has 0 bridgehead atoms. The number of aliphatic hydroxyl groups excluding tert-OH is 1. The van der Waals surface area contributed by atoms with Gasteiger partial charge in [0.2, 0.25) is 5.91 Å². The Balaban J connectivity index is 2.33. The Hall–Kier alpha value is -1.88. The van der Waals surface area contributed by atoms with Gasteiger partial charge in [0.1, 0.15) is 6.61 Å². The van der Waals surface area contributed by atoms with E-state index < -0.39 is 5.91 Å². The van der Waals surface area contributed by atoms with Crippen LogP contribution in [0.4, 0.5) is 0 Å². The molecule has 0 unspecified atom stereocenters. The Bertz CT molecular complexity index is 516. The molecule has 0 radical (unpaired) electrons. The second-order valence-electron chi connectivity index (χ2n) is 3.75. The molecule has 0 aliphatic rings. The number of hydrogen-bond acceptors (Lipinski definition) is 5. The lowest BCUT2D eigenvalue weighted by atomic mass is 10.3. The van der Waals surface area contributed by atoms with Crippen molar-refractivity contribution in [1.29, 1.82) is 0 Å². The highest BCUT2D eigenvalue weighted by atomic mass is 32.1. The molecule has 0 atom stereocenters. The molecule has 1 aromatic rings. The van der Waals surface area contributed by atoms with E-state index in [0.29, 0.717) is 18.5 Å². The van der Waals surface area contributed by atoms with Crippen molar-refractivity contribution in [3.63, 3.8) is 0 Å². The molecule has 2 amide bonds. The predicted molar refractivity (Wildman–Crippen MR) is 75.2 cm³/mol. The fourth-order valence-electron chi connectivity index (χ4n) is 1.24. The third kappa shape index (κ3) is 6.33. The highest BCUT2D eigenvalue weighted by molar-refractivity contribution is 7.10. The number of carbonyl (C=O) groups excluding carboxylic acids is 2. The van der Waals surface area contributed by atoms with Crippen LogP contribution in [0.3, 0.4) is 0 Å². The molecule has 1 aromatic heterocycles. The summed E-state index contributed by atoms with van der Waals surface area (Å²) < 4.78 is 4.92. The average Bonchev–Trinajstić information content (AvgIpc) is 2.87. The summed E-state index contributed by atoms with van der Waals surface area (Å²) in [5.41, 5.74) is 5.43. The first-order valence-corrected chi connectivity index (χ1v) is 6.84. The summed E-state index contributed by atoms with van der Waals surface area (Å²) in [5, 5.41) is 13.0. The van der Waals surface area contributed by atoms with Crippen molar-refractivity contribution >= 4 is 23.2 Å². The molecule has 0 aromatic carbocycles. The maximum Gasteiger partial charge on any atom is 0.252 e. The summed E-state index contributed by atoms with van der Waals surface area (Å²) in [6.45, 7) is 0.394. The Morgan fingerprint density at radius 1 is 1.50 bits per heavy atom. The fraction of sp³-hybridized carbons (Fsp3) is 0.385. The van der Waals surface area contributed by atoms with Gasteiger partial charge in [0, 0.05) is 18.3 Å². The number of ether oxygens (including phenoxy) is 1.